The van der Waals surface area contributed by atoms with Crippen molar-refractivity contribution in [3.63, 3.8) is 0 Å². The number of halogens is 1. The molecule has 0 saturated carbocycles. The van der Waals surface area contributed by atoms with E-state index < -0.39 is 0 Å². The number of likely N-dealkylation sites (N-methyl/N-ethyl adjacent to an activating group) is 1. The number of anilines is 1. The minimum Gasteiger partial charge on any atom is -0.380 e. The molecular formula is C11H15ClN6O. The summed E-state index contributed by atoms with van der Waals surface area (Å²) in [5, 5.41) is 0.150. The minimum absolute atomic E-state index is 0.150. The number of aromatic nitrogens is 5. The van der Waals surface area contributed by atoms with Crippen LogP contribution in [0.5, 0.6) is 0 Å². The Hall–Kier alpha value is -1.73. The maximum atomic E-state index is 5.92. The second-order valence-electron chi connectivity index (χ2n) is 3.79. The molecule has 0 amide bonds. The Morgan fingerprint density at radius 1 is 1.37 bits per heavy atom. The Bertz CT molecular complexity index is 518. The molecule has 7 nitrogen and oxygen atoms in total. The predicted molar refractivity (Wildman–Crippen MR) is 71.7 cm³/mol. The molecule has 0 radical (unpaired) electrons. The molecule has 8 heteroatoms. The zero-order valence-electron chi connectivity index (χ0n) is 10.8. The van der Waals surface area contributed by atoms with Gasteiger partial charge in [0.1, 0.15) is 6.33 Å². The molecular weight excluding hydrogens is 268 g/mol. The van der Waals surface area contributed by atoms with Gasteiger partial charge in [0.05, 0.1) is 6.61 Å². The van der Waals surface area contributed by atoms with Gasteiger partial charge >= 0.3 is 0 Å². The molecule has 0 aliphatic rings. The van der Waals surface area contributed by atoms with Gasteiger partial charge in [-0.15, -0.1) is 0 Å². The normalized spacial score (nSPS) is 10.7. The van der Waals surface area contributed by atoms with Crippen molar-refractivity contribution in [1.29, 1.82) is 0 Å². The van der Waals surface area contributed by atoms with Crippen molar-refractivity contribution in [3.8, 4) is 5.95 Å². The lowest BCUT2D eigenvalue weighted by Gasteiger charge is -2.17. The van der Waals surface area contributed by atoms with E-state index in [-0.39, 0.29) is 5.28 Å². The fraction of sp³-hybridized carbons (Fsp3) is 0.455. The zero-order valence-corrected chi connectivity index (χ0v) is 11.6. The minimum atomic E-state index is 0.150. The van der Waals surface area contributed by atoms with E-state index in [1.54, 1.807) is 23.3 Å². The van der Waals surface area contributed by atoms with E-state index in [2.05, 4.69) is 19.9 Å². The fourth-order valence-corrected chi connectivity index (χ4v) is 1.59. The number of nitrogens with zero attached hydrogens (tertiary/aromatic N) is 6. The van der Waals surface area contributed by atoms with Crippen molar-refractivity contribution in [2.75, 3.05) is 31.7 Å². The smallest absolute Gasteiger partial charge is 0.241 e. The van der Waals surface area contributed by atoms with Crippen LogP contribution in [0.1, 0.15) is 6.92 Å². The fourth-order valence-electron chi connectivity index (χ4n) is 1.44. The molecule has 0 fully saturated rings. The first-order valence-electron chi connectivity index (χ1n) is 5.89. The van der Waals surface area contributed by atoms with Gasteiger partial charge in [0.15, 0.2) is 0 Å². The van der Waals surface area contributed by atoms with Crippen LogP contribution >= 0.6 is 11.6 Å². The quantitative estimate of drug-likeness (QED) is 0.741. The molecule has 0 saturated heterocycles. The summed E-state index contributed by atoms with van der Waals surface area (Å²) in [6.45, 7) is 3.93. The zero-order chi connectivity index (χ0) is 13.7. The van der Waals surface area contributed by atoms with Gasteiger partial charge in [0.2, 0.25) is 17.2 Å². The van der Waals surface area contributed by atoms with Gasteiger partial charge in [-0.2, -0.15) is 15.0 Å². The molecule has 0 spiro atoms. The number of ether oxygens (including phenoxy) is 1. The molecule has 2 aromatic heterocycles. The molecule has 0 bridgehead atoms. The second kappa shape index (κ2) is 6.44. The van der Waals surface area contributed by atoms with Crippen molar-refractivity contribution in [2.45, 2.75) is 6.92 Å². The largest absolute Gasteiger partial charge is 0.380 e. The summed E-state index contributed by atoms with van der Waals surface area (Å²) in [6, 6.07) is 0. The van der Waals surface area contributed by atoms with Crippen LogP contribution in [-0.4, -0.2) is 51.3 Å². The van der Waals surface area contributed by atoms with Crippen molar-refractivity contribution < 1.29 is 4.74 Å². The average Bonchev–Trinajstić information content (AvgIpc) is 2.92. The standard InChI is InChI=1S/C11H15ClN6O/c1-3-19-7-6-17(2)10-14-9(12)15-11(16-10)18-5-4-13-8-18/h4-5,8H,3,6-7H2,1-2H3. The van der Waals surface area contributed by atoms with Gasteiger partial charge < -0.3 is 9.64 Å². The van der Waals surface area contributed by atoms with E-state index >= 15 is 0 Å². The van der Waals surface area contributed by atoms with Gasteiger partial charge in [0, 0.05) is 32.6 Å². The molecule has 0 aromatic carbocycles. The Morgan fingerprint density at radius 3 is 2.89 bits per heavy atom. The van der Waals surface area contributed by atoms with E-state index in [9.17, 15) is 0 Å². The van der Waals surface area contributed by atoms with Crippen LogP contribution in [0.15, 0.2) is 18.7 Å². The Labute approximate surface area is 116 Å². The molecule has 2 aromatic rings. The lowest BCUT2D eigenvalue weighted by Crippen LogP contribution is -2.25. The summed E-state index contributed by atoms with van der Waals surface area (Å²) >= 11 is 5.92. The maximum absolute atomic E-state index is 5.92. The van der Waals surface area contributed by atoms with Crippen molar-refractivity contribution >= 4 is 17.5 Å². The number of hydrogen-bond donors (Lipinski definition) is 0. The Morgan fingerprint density at radius 2 is 2.21 bits per heavy atom. The maximum Gasteiger partial charge on any atom is 0.241 e. The van der Waals surface area contributed by atoms with Gasteiger partial charge in [-0.3, -0.25) is 4.57 Å². The molecule has 2 rings (SSSR count). The van der Waals surface area contributed by atoms with Crippen molar-refractivity contribution in [3.05, 3.63) is 24.0 Å². The third kappa shape index (κ3) is 3.62. The molecule has 2 heterocycles. The Balaban J connectivity index is 2.17. The van der Waals surface area contributed by atoms with E-state index in [4.69, 9.17) is 16.3 Å². The van der Waals surface area contributed by atoms with E-state index in [1.807, 2.05) is 18.9 Å². The third-order valence-corrected chi connectivity index (χ3v) is 2.61. The van der Waals surface area contributed by atoms with E-state index in [1.165, 1.54) is 0 Å². The molecule has 0 aliphatic heterocycles. The lowest BCUT2D eigenvalue weighted by atomic mass is 10.6. The van der Waals surface area contributed by atoms with Crippen LogP contribution in [0.3, 0.4) is 0 Å². The Kier molecular flexibility index (Phi) is 4.64. The highest BCUT2D eigenvalue weighted by molar-refractivity contribution is 6.28. The SMILES string of the molecule is CCOCCN(C)c1nc(Cl)nc(-n2ccnc2)n1. The molecule has 0 aliphatic carbocycles. The van der Waals surface area contributed by atoms with Crippen LogP contribution in [0, 0.1) is 0 Å². The highest BCUT2D eigenvalue weighted by Crippen LogP contribution is 2.12. The highest BCUT2D eigenvalue weighted by atomic mass is 35.5. The number of hydrogen-bond acceptors (Lipinski definition) is 6. The lowest BCUT2D eigenvalue weighted by molar-refractivity contribution is 0.154. The van der Waals surface area contributed by atoms with Crippen LogP contribution in [0.25, 0.3) is 5.95 Å². The average molecular weight is 283 g/mol. The molecule has 0 atom stereocenters. The van der Waals surface area contributed by atoms with Crippen molar-refractivity contribution in [2.24, 2.45) is 0 Å². The first kappa shape index (κ1) is 13.7. The summed E-state index contributed by atoms with van der Waals surface area (Å²) in [4.78, 5) is 18.3. The second-order valence-corrected chi connectivity index (χ2v) is 4.13. The first-order valence-corrected chi connectivity index (χ1v) is 6.27. The van der Waals surface area contributed by atoms with Gasteiger partial charge in [-0.05, 0) is 18.5 Å². The molecule has 19 heavy (non-hydrogen) atoms. The van der Waals surface area contributed by atoms with Crippen LogP contribution in [-0.2, 0) is 4.74 Å². The van der Waals surface area contributed by atoms with E-state index in [0.717, 1.165) is 0 Å². The highest BCUT2D eigenvalue weighted by Gasteiger charge is 2.10. The summed E-state index contributed by atoms with van der Waals surface area (Å²) in [5.41, 5.74) is 0. The van der Waals surface area contributed by atoms with Crippen LogP contribution < -0.4 is 4.90 Å². The monoisotopic (exact) mass is 282 g/mol. The summed E-state index contributed by atoms with van der Waals surface area (Å²) in [5.74, 6) is 0.944. The summed E-state index contributed by atoms with van der Waals surface area (Å²) < 4.78 is 6.97. The van der Waals surface area contributed by atoms with Gasteiger partial charge in [0.25, 0.3) is 0 Å². The first-order chi connectivity index (χ1) is 9.20. The molecule has 0 N–H and O–H groups in total. The topological polar surface area (TPSA) is 69.0 Å². The van der Waals surface area contributed by atoms with E-state index in [0.29, 0.717) is 31.7 Å². The van der Waals surface area contributed by atoms with Gasteiger partial charge in [-0.1, -0.05) is 0 Å². The number of rotatable bonds is 6. The third-order valence-electron chi connectivity index (χ3n) is 2.44. The predicted octanol–water partition coefficient (Wildman–Crippen LogP) is 1.18. The van der Waals surface area contributed by atoms with Gasteiger partial charge in [-0.25, -0.2) is 4.98 Å². The van der Waals surface area contributed by atoms with Crippen LogP contribution in [0.2, 0.25) is 5.28 Å². The van der Waals surface area contributed by atoms with Crippen molar-refractivity contribution in [1.82, 2.24) is 24.5 Å². The summed E-state index contributed by atoms with van der Waals surface area (Å²) in [6.07, 6.45) is 5.00. The molecule has 0 unspecified atom stereocenters. The van der Waals surface area contributed by atoms with Crippen LogP contribution in [0.4, 0.5) is 5.95 Å². The molecule has 102 valence electrons. The number of imidazole rings is 1. The summed E-state index contributed by atoms with van der Waals surface area (Å²) in [7, 11) is 1.88.